The first kappa shape index (κ1) is 14.9. The van der Waals surface area contributed by atoms with Gasteiger partial charge in [0.05, 0.1) is 0 Å². The van der Waals surface area contributed by atoms with E-state index in [1.165, 1.54) is 25.0 Å². The molecule has 1 saturated heterocycles. The van der Waals surface area contributed by atoms with Crippen molar-refractivity contribution < 1.29 is 13.2 Å². The fourth-order valence-electron chi connectivity index (χ4n) is 3.76. The molecule has 0 amide bonds. The minimum Gasteiger partial charge on any atom is -0.314 e. The first-order valence-corrected chi connectivity index (χ1v) is 7.76. The number of nitrogens with zero attached hydrogens (tertiary/aromatic N) is 1. The van der Waals surface area contributed by atoms with Gasteiger partial charge >= 0.3 is 0 Å². The molecule has 1 aromatic rings. The van der Waals surface area contributed by atoms with Crippen LogP contribution in [0.5, 0.6) is 0 Å². The van der Waals surface area contributed by atoms with E-state index in [2.05, 4.69) is 10.2 Å². The Labute approximate surface area is 123 Å². The molecule has 2 fully saturated rings. The third-order valence-electron chi connectivity index (χ3n) is 4.74. The van der Waals surface area contributed by atoms with Gasteiger partial charge in [-0.15, -0.1) is 0 Å². The second kappa shape index (κ2) is 6.36. The van der Waals surface area contributed by atoms with Crippen LogP contribution >= 0.6 is 0 Å². The largest absolute Gasteiger partial charge is 0.314 e. The van der Waals surface area contributed by atoms with E-state index < -0.39 is 17.5 Å². The summed E-state index contributed by atoms with van der Waals surface area (Å²) in [6.07, 6.45) is 4.49. The second-order valence-electron chi connectivity index (χ2n) is 6.07. The molecular formula is C16H21F3N2. The van der Waals surface area contributed by atoms with Crippen molar-refractivity contribution in [3.8, 4) is 0 Å². The van der Waals surface area contributed by atoms with Crippen molar-refractivity contribution in [2.75, 3.05) is 26.2 Å². The smallest absolute Gasteiger partial charge is 0.194 e. The Kier molecular flexibility index (Phi) is 4.50. The number of hydrogen-bond acceptors (Lipinski definition) is 2. The molecule has 1 heterocycles. The topological polar surface area (TPSA) is 15.3 Å². The van der Waals surface area contributed by atoms with Crippen LogP contribution in [0.1, 0.15) is 37.3 Å². The summed E-state index contributed by atoms with van der Waals surface area (Å²) >= 11 is 0. The Morgan fingerprint density at radius 1 is 1.00 bits per heavy atom. The standard InChI is InChI=1S/C16H21F3N2/c17-13-9-12(10-14(18)15(13)19)16(11-3-1-2-4-11)21-7-5-20-6-8-21/h9-11,16,20H,1-8H2/t16-/m0/s1. The normalized spacial score (nSPS) is 22.6. The molecule has 1 N–H and O–H groups in total. The number of rotatable bonds is 3. The molecular weight excluding hydrogens is 277 g/mol. The fraction of sp³-hybridized carbons (Fsp3) is 0.625. The lowest BCUT2D eigenvalue weighted by molar-refractivity contribution is 0.125. The van der Waals surface area contributed by atoms with Crippen LogP contribution in [-0.2, 0) is 0 Å². The average Bonchev–Trinajstić information content (AvgIpc) is 3.00. The first-order valence-electron chi connectivity index (χ1n) is 7.76. The maximum absolute atomic E-state index is 13.6. The summed E-state index contributed by atoms with van der Waals surface area (Å²) in [5.41, 5.74) is 0.584. The Balaban J connectivity index is 1.93. The zero-order valence-corrected chi connectivity index (χ0v) is 12.0. The zero-order valence-electron chi connectivity index (χ0n) is 12.0. The summed E-state index contributed by atoms with van der Waals surface area (Å²) in [4.78, 5) is 2.29. The molecule has 1 aliphatic heterocycles. The molecule has 1 saturated carbocycles. The molecule has 2 aliphatic rings. The predicted octanol–water partition coefficient (Wildman–Crippen LogP) is 3.24. The maximum atomic E-state index is 13.6. The minimum atomic E-state index is -1.37. The lowest BCUT2D eigenvalue weighted by Crippen LogP contribution is -2.46. The molecule has 0 spiro atoms. The molecule has 21 heavy (non-hydrogen) atoms. The summed E-state index contributed by atoms with van der Waals surface area (Å²) in [5, 5.41) is 3.29. The van der Waals surface area contributed by atoms with Crippen LogP contribution in [0, 0.1) is 23.4 Å². The molecule has 0 bridgehead atoms. The van der Waals surface area contributed by atoms with Gasteiger partial charge in [-0.25, -0.2) is 13.2 Å². The van der Waals surface area contributed by atoms with Crippen LogP contribution in [0.2, 0.25) is 0 Å². The number of hydrogen-bond donors (Lipinski definition) is 1. The molecule has 3 rings (SSSR count). The third kappa shape index (κ3) is 3.09. The SMILES string of the molecule is Fc1cc([C@H](C2CCCC2)N2CCNCC2)cc(F)c1F. The van der Waals surface area contributed by atoms with Crippen molar-refractivity contribution in [2.24, 2.45) is 5.92 Å². The van der Waals surface area contributed by atoms with Crippen LogP contribution in [0.15, 0.2) is 12.1 Å². The van der Waals surface area contributed by atoms with Crippen LogP contribution in [0.3, 0.4) is 0 Å². The lowest BCUT2D eigenvalue weighted by Gasteiger charge is -2.38. The molecule has 0 aromatic heterocycles. The Bertz CT molecular complexity index is 471. The van der Waals surface area contributed by atoms with Gasteiger partial charge in [0, 0.05) is 32.2 Å². The second-order valence-corrected chi connectivity index (χ2v) is 6.07. The van der Waals surface area contributed by atoms with Crippen molar-refractivity contribution in [1.29, 1.82) is 0 Å². The summed E-state index contributed by atoms with van der Waals surface area (Å²) in [7, 11) is 0. The van der Waals surface area contributed by atoms with Gasteiger partial charge < -0.3 is 5.32 Å². The highest BCUT2D eigenvalue weighted by Gasteiger charge is 2.32. The fourth-order valence-corrected chi connectivity index (χ4v) is 3.76. The number of benzene rings is 1. The lowest BCUT2D eigenvalue weighted by atomic mass is 9.89. The van der Waals surface area contributed by atoms with Gasteiger partial charge in [0.25, 0.3) is 0 Å². The quantitative estimate of drug-likeness (QED) is 0.862. The van der Waals surface area contributed by atoms with Crippen molar-refractivity contribution in [3.05, 3.63) is 35.1 Å². The summed E-state index contributed by atoms with van der Waals surface area (Å²) in [5.74, 6) is -3.12. The van der Waals surface area contributed by atoms with E-state index in [1.807, 2.05) is 0 Å². The average molecular weight is 298 g/mol. The third-order valence-corrected chi connectivity index (χ3v) is 4.74. The van der Waals surface area contributed by atoms with Gasteiger partial charge in [-0.3, -0.25) is 4.90 Å². The summed E-state index contributed by atoms with van der Waals surface area (Å²) in [6, 6.07) is 2.37. The predicted molar refractivity (Wildman–Crippen MR) is 75.5 cm³/mol. The molecule has 0 unspecified atom stereocenters. The van der Waals surface area contributed by atoms with Gasteiger partial charge in [-0.05, 0) is 36.5 Å². The highest BCUT2D eigenvalue weighted by atomic mass is 19.2. The minimum absolute atomic E-state index is 0.000741. The van der Waals surface area contributed by atoms with Crippen LogP contribution in [0.4, 0.5) is 13.2 Å². The van der Waals surface area contributed by atoms with Gasteiger partial charge in [0.1, 0.15) is 0 Å². The molecule has 1 aromatic carbocycles. The van der Waals surface area contributed by atoms with Crippen LogP contribution in [0.25, 0.3) is 0 Å². The zero-order chi connectivity index (χ0) is 14.8. The van der Waals surface area contributed by atoms with E-state index in [0.29, 0.717) is 11.5 Å². The van der Waals surface area contributed by atoms with E-state index in [1.54, 1.807) is 0 Å². The summed E-state index contributed by atoms with van der Waals surface area (Å²) < 4.78 is 40.4. The maximum Gasteiger partial charge on any atom is 0.194 e. The monoisotopic (exact) mass is 298 g/mol. The van der Waals surface area contributed by atoms with Gasteiger partial charge in [-0.1, -0.05) is 12.8 Å². The molecule has 1 atom stereocenters. The Morgan fingerprint density at radius 2 is 1.57 bits per heavy atom. The highest BCUT2D eigenvalue weighted by Crippen LogP contribution is 2.40. The van der Waals surface area contributed by atoms with E-state index in [0.717, 1.165) is 39.0 Å². The Hall–Kier alpha value is -1.07. The molecule has 0 radical (unpaired) electrons. The molecule has 1 aliphatic carbocycles. The molecule has 5 heteroatoms. The molecule has 116 valence electrons. The summed E-state index contributed by atoms with van der Waals surface area (Å²) in [6.45, 7) is 3.49. The number of halogens is 3. The molecule has 2 nitrogen and oxygen atoms in total. The van der Waals surface area contributed by atoms with Gasteiger partial charge in [0.15, 0.2) is 17.5 Å². The first-order chi connectivity index (χ1) is 10.2. The van der Waals surface area contributed by atoms with Crippen LogP contribution < -0.4 is 5.32 Å². The van der Waals surface area contributed by atoms with Crippen molar-refractivity contribution in [3.63, 3.8) is 0 Å². The van der Waals surface area contributed by atoms with Crippen molar-refractivity contribution in [2.45, 2.75) is 31.7 Å². The number of nitrogens with one attached hydrogen (secondary N) is 1. The van der Waals surface area contributed by atoms with Crippen molar-refractivity contribution >= 4 is 0 Å². The van der Waals surface area contributed by atoms with Gasteiger partial charge in [0.2, 0.25) is 0 Å². The Morgan fingerprint density at radius 3 is 2.14 bits per heavy atom. The van der Waals surface area contributed by atoms with Crippen molar-refractivity contribution in [1.82, 2.24) is 10.2 Å². The van der Waals surface area contributed by atoms with Gasteiger partial charge in [-0.2, -0.15) is 0 Å². The van der Waals surface area contributed by atoms with E-state index in [9.17, 15) is 13.2 Å². The van der Waals surface area contributed by atoms with E-state index in [-0.39, 0.29) is 6.04 Å². The number of piperazine rings is 1. The van der Waals surface area contributed by atoms with E-state index in [4.69, 9.17) is 0 Å². The highest BCUT2D eigenvalue weighted by molar-refractivity contribution is 5.24. The van der Waals surface area contributed by atoms with Crippen LogP contribution in [-0.4, -0.2) is 31.1 Å². The van der Waals surface area contributed by atoms with E-state index >= 15 is 0 Å².